The second-order valence-corrected chi connectivity index (χ2v) is 8.38. The van der Waals surface area contributed by atoms with Gasteiger partial charge in [0.15, 0.2) is 0 Å². The van der Waals surface area contributed by atoms with Crippen LogP contribution in [0.2, 0.25) is 0 Å². The summed E-state index contributed by atoms with van der Waals surface area (Å²) in [7, 11) is 0. The highest BCUT2D eigenvalue weighted by atomic mass is 16.6. The van der Waals surface area contributed by atoms with Crippen LogP contribution >= 0.6 is 0 Å². The lowest BCUT2D eigenvalue weighted by Gasteiger charge is -2.29. The van der Waals surface area contributed by atoms with Gasteiger partial charge in [-0.25, -0.2) is 4.79 Å². The number of carbonyl (C=O) groups excluding carboxylic acids is 1. The molecule has 0 spiro atoms. The van der Waals surface area contributed by atoms with Crippen molar-refractivity contribution in [2.45, 2.75) is 65.9 Å². The lowest BCUT2D eigenvalue weighted by molar-refractivity contribution is 0.0514. The van der Waals surface area contributed by atoms with Crippen LogP contribution in [0.4, 0.5) is 4.79 Å². The number of nitrogens with one attached hydrogen (secondary N) is 2. The average molecular weight is 328 g/mol. The Labute approximate surface area is 141 Å². The van der Waals surface area contributed by atoms with Crippen LogP contribution in [-0.4, -0.2) is 43.0 Å². The first kappa shape index (κ1) is 20.2. The molecule has 0 heterocycles. The molecule has 1 aliphatic rings. The van der Waals surface area contributed by atoms with E-state index in [1.165, 1.54) is 12.8 Å². The zero-order valence-corrected chi connectivity index (χ0v) is 15.6. The van der Waals surface area contributed by atoms with Gasteiger partial charge >= 0.3 is 6.09 Å². The molecule has 0 aromatic rings. The third kappa shape index (κ3) is 7.53. The summed E-state index contributed by atoms with van der Waals surface area (Å²) in [6.45, 7) is 12.5. The van der Waals surface area contributed by atoms with Crippen LogP contribution in [0.15, 0.2) is 0 Å². The van der Waals surface area contributed by atoms with E-state index < -0.39 is 5.60 Å². The molecule has 0 radical (unpaired) electrons. The molecule has 1 saturated carbocycles. The predicted molar refractivity (Wildman–Crippen MR) is 93.4 cm³/mol. The minimum atomic E-state index is -0.467. The third-order valence-electron chi connectivity index (χ3n) is 4.76. The monoisotopic (exact) mass is 328 g/mol. The smallest absolute Gasteiger partial charge is 0.407 e. The summed E-state index contributed by atoms with van der Waals surface area (Å²) in [5, 5.41) is 16.1. The third-order valence-corrected chi connectivity index (χ3v) is 4.76. The van der Waals surface area contributed by atoms with E-state index in [2.05, 4.69) is 24.5 Å². The van der Waals surface area contributed by atoms with Crippen LogP contribution in [0.1, 0.15) is 60.3 Å². The van der Waals surface area contributed by atoms with Gasteiger partial charge in [0.05, 0.1) is 0 Å². The van der Waals surface area contributed by atoms with Crippen molar-refractivity contribution in [1.29, 1.82) is 0 Å². The standard InChI is InChI=1S/C18H36N2O3/c1-14(2)15(11-20-16(22)23-17(3,4)5)10-19-12-18(13-21)8-6-7-9-18/h14-15,19,21H,6-13H2,1-5H3,(H,20,22). The summed E-state index contributed by atoms with van der Waals surface area (Å²) in [5.41, 5.74) is -0.397. The van der Waals surface area contributed by atoms with E-state index in [9.17, 15) is 9.90 Å². The number of amides is 1. The van der Waals surface area contributed by atoms with Gasteiger partial charge in [-0.2, -0.15) is 0 Å². The van der Waals surface area contributed by atoms with Gasteiger partial charge in [0.2, 0.25) is 0 Å². The lowest BCUT2D eigenvalue weighted by Crippen LogP contribution is -2.42. The quantitative estimate of drug-likeness (QED) is 0.641. The summed E-state index contributed by atoms with van der Waals surface area (Å²) < 4.78 is 5.28. The molecule has 1 rings (SSSR count). The number of aliphatic hydroxyl groups excluding tert-OH is 1. The Morgan fingerprint density at radius 3 is 2.30 bits per heavy atom. The summed E-state index contributed by atoms with van der Waals surface area (Å²) in [4.78, 5) is 11.8. The topological polar surface area (TPSA) is 70.6 Å². The van der Waals surface area contributed by atoms with Crippen molar-refractivity contribution in [1.82, 2.24) is 10.6 Å². The Hall–Kier alpha value is -0.810. The van der Waals surface area contributed by atoms with Crippen molar-refractivity contribution in [3.63, 3.8) is 0 Å². The first-order valence-electron chi connectivity index (χ1n) is 8.96. The first-order valence-corrected chi connectivity index (χ1v) is 8.96. The summed E-state index contributed by atoms with van der Waals surface area (Å²) in [5.74, 6) is 0.811. The predicted octanol–water partition coefficient (Wildman–Crippen LogP) is 2.93. The number of hydrogen-bond donors (Lipinski definition) is 3. The van der Waals surface area contributed by atoms with Gasteiger partial charge in [0.1, 0.15) is 5.60 Å². The highest BCUT2D eigenvalue weighted by molar-refractivity contribution is 5.67. The van der Waals surface area contributed by atoms with Crippen LogP contribution < -0.4 is 10.6 Å². The van der Waals surface area contributed by atoms with E-state index in [4.69, 9.17) is 4.74 Å². The maximum absolute atomic E-state index is 11.8. The Kier molecular flexibility index (Phi) is 7.81. The van der Waals surface area contributed by atoms with Crippen molar-refractivity contribution in [3.05, 3.63) is 0 Å². The van der Waals surface area contributed by atoms with Gasteiger partial charge in [0, 0.05) is 25.1 Å². The Balaban J connectivity index is 2.36. The first-order chi connectivity index (χ1) is 10.7. The normalized spacial score (nSPS) is 18.9. The lowest BCUT2D eigenvalue weighted by atomic mass is 9.86. The molecule has 136 valence electrons. The fourth-order valence-corrected chi connectivity index (χ4v) is 3.11. The molecule has 23 heavy (non-hydrogen) atoms. The number of rotatable bonds is 8. The molecule has 5 nitrogen and oxygen atoms in total. The number of hydrogen-bond acceptors (Lipinski definition) is 4. The van der Waals surface area contributed by atoms with Gasteiger partial charge in [-0.15, -0.1) is 0 Å². The van der Waals surface area contributed by atoms with Gasteiger partial charge < -0.3 is 20.5 Å². The fraction of sp³-hybridized carbons (Fsp3) is 0.944. The van der Waals surface area contributed by atoms with Crippen LogP contribution in [0, 0.1) is 17.3 Å². The molecule has 3 N–H and O–H groups in total. The minimum absolute atomic E-state index is 0.0696. The van der Waals surface area contributed by atoms with Gasteiger partial charge in [-0.1, -0.05) is 26.7 Å². The molecule has 1 fully saturated rings. The van der Waals surface area contributed by atoms with Gasteiger partial charge in [-0.05, 0) is 52.0 Å². The molecule has 5 heteroatoms. The Morgan fingerprint density at radius 1 is 1.22 bits per heavy atom. The van der Waals surface area contributed by atoms with Gasteiger partial charge in [-0.3, -0.25) is 0 Å². The van der Waals surface area contributed by atoms with Crippen molar-refractivity contribution >= 4 is 6.09 Å². The Morgan fingerprint density at radius 2 is 1.83 bits per heavy atom. The van der Waals surface area contributed by atoms with Crippen molar-refractivity contribution in [2.24, 2.45) is 17.3 Å². The summed E-state index contributed by atoms with van der Waals surface area (Å²) in [6.07, 6.45) is 4.30. The molecule has 1 aliphatic carbocycles. The molecule has 0 aliphatic heterocycles. The SMILES string of the molecule is CC(C)C(CNCC1(CO)CCCC1)CNC(=O)OC(C)(C)C. The highest BCUT2D eigenvalue weighted by Crippen LogP contribution is 2.36. The van der Waals surface area contributed by atoms with Crippen molar-refractivity contribution < 1.29 is 14.6 Å². The van der Waals surface area contributed by atoms with E-state index in [0.717, 1.165) is 25.9 Å². The summed E-state index contributed by atoms with van der Waals surface area (Å²) in [6, 6.07) is 0. The maximum atomic E-state index is 11.8. The van der Waals surface area contributed by atoms with E-state index in [1.54, 1.807) is 0 Å². The van der Waals surface area contributed by atoms with Crippen LogP contribution in [0.3, 0.4) is 0 Å². The number of aliphatic hydroxyl groups is 1. The molecule has 0 bridgehead atoms. The van der Waals surface area contributed by atoms with Crippen LogP contribution in [0.25, 0.3) is 0 Å². The second-order valence-electron chi connectivity index (χ2n) is 8.38. The average Bonchev–Trinajstić information content (AvgIpc) is 2.89. The van der Waals surface area contributed by atoms with Crippen molar-refractivity contribution in [3.8, 4) is 0 Å². The van der Waals surface area contributed by atoms with Crippen LogP contribution in [0.5, 0.6) is 0 Å². The van der Waals surface area contributed by atoms with Crippen molar-refractivity contribution in [2.75, 3.05) is 26.2 Å². The fourth-order valence-electron chi connectivity index (χ4n) is 3.11. The second kappa shape index (κ2) is 8.88. The molecule has 0 aromatic carbocycles. The van der Waals surface area contributed by atoms with E-state index in [1.807, 2.05) is 20.8 Å². The van der Waals surface area contributed by atoms with Crippen LogP contribution in [-0.2, 0) is 4.74 Å². The molecule has 1 atom stereocenters. The molecule has 1 unspecified atom stereocenters. The van der Waals surface area contributed by atoms with E-state index in [0.29, 0.717) is 18.4 Å². The highest BCUT2D eigenvalue weighted by Gasteiger charge is 2.33. The van der Waals surface area contributed by atoms with Gasteiger partial charge in [0.25, 0.3) is 0 Å². The molecular formula is C18H36N2O3. The maximum Gasteiger partial charge on any atom is 0.407 e. The zero-order valence-electron chi connectivity index (χ0n) is 15.6. The molecule has 1 amide bonds. The number of ether oxygens (including phenoxy) is 1. The number of carbonyl (C=O) groups is 1. The molecular weight excluding hydrogens is 292 g/mol. The van der Waals surface area contributed by atoms with E-state index >= 15 is 0 Å². The zero-order chi connectivity index (χ0) is 17.5. The largest absolute Gasteiger partial charge is 0.444 e. The van der Waals surface area contributed by atoms with E-state index in [-0.39, 0.29) is 18.1 Å². The summed E-state index contributed by atoms with van der Waals surface area (Å²) >= 11 is 0. The minimum Gasteiger partial charge on any atom is -0.444 e. The Bertz CT molecular complexity index is 358. The molecule has 0 aromatic heterocycles. The molecule has 0 saturated heterocycles. The number of alkyl carbamates (subject to hydrolysis) is 1.